The predicted octanol–water partition coefficient (Wildman–Crippen LogP) is 3.31. The first-order valence-electron chi connectivity index (χ1n) is 5.63. The molecular formula is C11H10F3N3S. The van der Waals surface area contributed by atoms with Crippen LogP contribution in [0.15, 0.2) is 12.3 Å². The fraction of sp³-hybridized carbons (Fsp3) is 0.455. The maximum Gasteiger partial charge on any atom is 0.417 e. The zero-order valence-electron chi connectivity index (χ0n) is 9.37. The van der Waals surface area contributed by atoms with Gasteiger partial charge in [0.1, 0.15) is 0 Å². The topological polar surface area (TPSA) is 29.0 Å². The Morgan fingerprint density at radius 2 is 1.94 bits per heavy atom. The van der Waals surface area contributed by atoms with Crippen LogP contribution in [-0.2, 0) is 6.18 Å². The lowest BCUT2D eigenvalue weighted by Gasteiger charge is -2.11. The average Bonchev–Trinajstić information content (AvgIpc) is 2.95. The van der Waals surface area contributed by atoms with Crippen molar-refractivity contribution in [3.05, 3.63) is 17.8 Å². The second-order valence-electron chi connectivity index (χ2n) is 4.20. The molecule has 0 N–H and O–H groups in total. The van der Waals surface area contributed by atoms with Crippen molar-refractivity contribution in [3.8, 4) is 0 Å². The third-order valence-corrected chi connectivity index (χ3v) is 4.10. The van der Waals surface area contributed by atoms with Crippen molar-refractivity contribution in [2.45, 2.75) is 19.0 Å². The summed E-state index contributed by atoms with van der Waals surface area (Å²) >= 11 is 1.08. The molecule has 0 amide bonds. The van der Waals surface area contributed by atoms with Crippen molar-refractivity contribution in [2.75, 3.05) is 18.0 Å². The van der Waals surface area contributed by atoms with Crippen LogP contribution >= 0.6 is 11.3 Å². The van der Waals surface area contributed by atoms with Gasteiger partial charge in [0.2, 0.25) is 0 Å². The number of rotatable bonds is 1. The van der Waals surface area contributed by atoms with Crippen molar-refractivity contribution in [3.63, 3.8) is 0 Å². The largest absolute Gasteiger partial charge is 0.417 e. The number of aromatic nitrogens is 2. The molecule has 18 heavy (non-hydrogen) atoms. The van der Waals surface area contributed by atoms with Gasteiger partial charge < -0.3 is 4.90 Å². The maximum absolute atomic E-state index is 12.8. The van der Waals surface area contributed by atoms with Crippen LogP contribution in [0.4, 0.5) is 18.3 Å². The normalized spacial score (nSPS) is 16.7. The molecule has 0 radical (unpaired) electrons. The van der Waals surface area contributed by atoms with Gasteiger partial charge in [-0.1, -0.05) is 11.3 Å². The Balaban J connectivity index is 2.11. The predicted molar refractivity (Wildman–Crippen MR) is 63.9 cm³/mol. The summed E-state index contributed by atoms with van der Waals surface area (Å²) < 4.78 is 38.7. The van der Waals surface area contributed by atoms with Gasteiger partial charge in [0, 0.05) is 19.3 Å². The third-order valence-electron chi connectivity index (χ3n) is 2.96. The molecule has 2 aromatic rings. The molecule has 1 aliphatic rings. The highest BCUT2D eigenvalue weighted by Crippen LogP contribution is 2.39. The second kappa shape index (κ2) is 4.08. The number of hydrogen-bond acceptors (Lipinski definition) is 4. The zero-order chi connectivity index (χ0) is 12.8. The van der Waals surface area contributed by atoms with Crippen LogP contribution in [0, 0.1) is 0 Å². The molecule has 1 aliphatic heterocycles. The van der Waals surface area contributed by atoms with Gasteiger partial charge in [0.05, 0.1) is 10.3 Å². The number of alkyl halides is 3. The molecule has 0 spiro atoms. The fourth-order valence-corrected chi connectivity index (χ4v) is 3.20. The summed E-state index contributed by atoms with van der Waals surface area (Å²) in [7, 11) is 0. The van der Waals surface area contributed by atoms with Crippen LogP contribution in [0.2, 0.25) is 0 Å². The van der Waals surface area contributed by atoms with Crippen molar-refractivity contribution in [1.29, 1.82) is 0 Å². The summed E-state index contributed by atoms with van der Waals surface area (Å²) in [6.45, 7) is 1.72. The number of nitrogens with zero attached hydrogens (tertiary/aromatic N) is 3. The van der Waals surface area contributed by atoms with E-state index in [1.807, 2.05) is 4.90 Å². The lowest BCUT2D eigenvalue weighted by molar-refractivity contribution is -0.136. The van der Waals surface area contributed by atoms with E-state index < -0.39 is 11.7 Å². The lowest BCUT2D eigenvalue weighted by Crippen LogP contribution is -2.16. The molecule has 1 fully saturated rings. The summed E-state index contributed by atoms with van der Waals surface area (Å²) in [5, 5.41) is 0.645. The van der Waals surface area contributed by atoms with Crippen molar-refractivity contribution in [2.24, 2.45) is 0 Å². The monoisotopic (exact) mass is 273 g/mol. The number of fused-ring (bicyclic) bond motifs is 1. The SMILES string of the molecule is FC(F)(F)c1ccnc2nc(N3CCCC3)sc12. The van der Waals surface area contributed by atoms with Crippen LogP contribution in [0.3, 0.4) is 0 Å². The van der Waals surface area contributed by atoms with E-state index in [0.717, 1.165) is 43.3 Å². The standard InChI is InChI=1S/C11H10F3N3S/c12-11(13,14)7-3-4-15-9-8(7)18-10(16-9)17-5-1-2-6-17/h3-4H,1-2,5-6H2. The van der Waals surface area contributed by atoms with Crippen LogP contribution in [0.25, 0.3) is 10.3 Å². The molecule has 0 bridgehead atoms. The van der Waals surface area contributed by atoms with E-state index in [1.54, 1.807) is 0 Å². The van der Waals surface area contributed by atoms with Gasteiger partial charge in [-0.25, -0.2) is 4.98 Å². The molecule has 2 aromatic heterocycles. The molecule has 96 valence electrons. The summed E-state index contributed by atoms with van der Waals surface area (Å²) in [6, 6.07) is 1.01. The Bertz CT molecular complexity index is 572. The highest BCUT2D eigenvalue weighted by atomic mass is 32.1. The van der Waals surface area contributed by atoms with Gasteiger partial charge in [0.25, 0.3) is 0 Å². The van der Waals surface area contributed by atoms with Crippen LogP contribution in [-0.4, -0.2) is 23.1 Å². The summed E-state index contributed by atoms with van der Waals surface area (Å²) in [5.41, 5.74) is -0.452. The number of hydrogen-bond donors (Lipinski definition) is 0. The number of pyridine rings is 1. The molecule has 0 saturated carbocycles. The van der Waals surface area contributed by atoms with Gasteiger partial charge in [-0.05, 0) is 18.9 Å². The number of halogens is 3. The van der Waals surface area contributed by atoms with E-state index >= 15 is 0 Å². The molecule has 3 nitrogen and oxygen atoms in total. The van der Waals surface area contributed by atoms with E-state index in [4.69, 9.17) is 0 Å². The van der Waals surface area contributed by atoms with E-state index in [0.29, 0.717) is 5.13 Å². The molecular weight excluding hydrogens is 263 g/mol. The van der Waals surface area contributed by atoms with Crippen molar-refractivity contribution >= 4 is 26.8 Å². The molecule has 0 aliphatic carbocycles. The molecule has 3 heterocycles. The van der Waals surface area contributed by atoms with Gasteiger partial charge in [-0.2, -0.15) is 18.2 Å². The molecule has 0 atom stereocenters. The number of thiazole rings is 1. The van der Waals surface area contributed by atoms with Crippen LogP contribution in [0.5, 0.6) is 0 Å². The quantitative estimate of drug-likeness (QED) is 0.798. The summed E-state index contributed by atoms with van der Waals surface area (Å²) in [6.07, 6.45) is -1.06. The molecule has 1 saturated heterocycles. The van der Waals surface area contributed by atoms with E-state index in [2.05, 4.69) is 9.97 Å². The highest BCUT2D eigenvalue weighted by molar-refractivity contribution is 7.22. The molecule has 0 unspecified atom stereocenters. The van der Waals surface area contributed by atoms with E-state index in [9.17, 15) is 13.2 Å². The maximum atomic E-state index is 12.8. The Morgan fingerprint density at radius 3 is 2.61 bits per heavy atom. The Hall–Kier alpha value is -1.37. The first-order chi connectivity index (χ1) is 8.55. The minimum atomic E-state index is -4.35. The highest BCUT2D eigenvalue weighted by Gasteiger charge is 2.34. The van der Waals surface area contributed by atoms with E-state index in [-0.39, 0.29) is 10.3 Å². The van der Waals surface area contributed by atoms with Crippen molar-refractivity contribution < 1.29 is 13.2 Å². The molecule has 7 heteroatoms. The minimum Gasteiger partial charge on any atom is -0.348 e. The fourth-order valence-electron chi connectivity index (χ4n) is 2.09. The van der Waals surface area contributed by atoms with Gasteiger partial charge in [0.15, 0.2) is 10.8 Å². The van der Waals surface area contributed by atoms with Crippen molar-refractivity contribution in [1.82, 2.24) is 9.97 Å². The Labute approximate surface area is 105 Å². The second-order valence-corrected chi connectivity index (χ2v) is 5.18. The Morgan fingerprint density at radius 1 is 1.22 bits per heavy atom. The Kier molecular flexibility index (Phi) is 2.65. The third kappa shape index (κ3) is 1.92. The zero-order valence-corrected chi connectivity index (χ0v) is 10.2. The molecule has 3 rings (SSSR count). The van der Waals surface area contributed by atoms with E-state index in [1.165, 1.54) is 6.20 Å². The van der Waals surface area contributed by atoms with Gasteiger partial charge in [-0.15, -0.1) is 0 Å². The van der Waals surface area contributed by atoms with Crippen LogP contribution in [0.1, 0.15) is 18.4 Å². The first-order valence-corrected chi connectivity index (χ1v) is 6.45. The summed E-state index contributed by atoms with van der Waals surface area (Å²) in [5.74, 6) is 0. The average molecular weight is 273 g/mol. The molecule has 0 aromatic carbocycles. The smallest absolute Gasteiger partial charge is 0.348 e. The van der Waals surface area contributed by atoms with Gasteiger partial charge >= 0.3 is 6.18 Å². The summed E-state index contributed by atoms with van der Waals surface area (Å²) in [4.78, 5) is 10.1. The lowest BCUT2D eigenvalue weighted by atomic mass is 10.2. The number of anilines is 1. The van der Waals surface area contributed by atoms with Gasteiger partial charge in [-0.3, -0.25) is 0 Å². The van der Waals surface area contributed by atoms with Crippen LogP contribution < -0.4 is 4.90 Å². The first kappa shape index (κ1) is 11.7. The minimum absolute atomic E-state index is 0.131.